The Morgan fingerprint density at radius 3 is 2.61 bits per heavy atom. The van der Waals surface area contributed by atoms with Crippen molar-refractivity contribution in [2.24, 2.45) is 7.05 Å². The Hall–Kier alpha value is -3.03. The number of piperazine rings is 1. The quantitative estimate of drug-likeness (QED) is 0.859. The van der Waals surface area contributed by atoms with Gasteiger partial charge in [-0.25, -0.2) is 0 Å². The Morgan fingerprint density at radius 2 is 1.96 bits per heavy atom. The van der Waals surface area contributed by atoms with Crippen molar-refractivity contribution >= 4 is 11.8 Å². The molecule has 2 aliphatic rings. The molecule has 0 saturated carbocycles. The third-order valence-electron chi connectivity index (χ3n) is 5.64. The summed E-state index contributed by atoms with van der Waals surface area (Å²) in [5, 5.41) is 13.9. The zero-order chi connectivity index (χ0) is 19.8. The minimum atomic E-state index is -0.0935. The number of benzene rings is 1. The van der Waals surface area contributed by atoms with Gasteiger partial charge in [-0.15, -0.1) is 0 Å². The molecule has 2 atom stereocenters. The van der Waals surface area contributed by atoms with Gasteiger partial charge in [0.25, 0.3) is 11.8 Å². The lowest BCUT2D eigenvalue weighted by Crippen LogP contribution is -2.58. The van der Waals surface area contributed by atoms with Crippen LogP contribution in [0.5, 0.6) is 11.5 Å². The van der Waals surface area contributed by atoms with E-state index in [9.17, 15) is 14.7 Å². The van der Waals surface area contributed by atoms with E-state index < -0.39 is 0 Å². The average Bonchev–Trinajstić information content (AvgIpc) is 3.21. The summed E-state index contributed by atoms with van der Waals surface area (Å²) in [5.41, 5.74) is 1.10. The number of aromatic nitrogens is 2. The van der Waals surface area contributed by atoms with Crippen LogP contribution in [0.15, 0.2) is 30.6 Å². The van der Waals surface area contributed by atoms with Gasteiger partial charge >= 0.3 is 0 Å². The number of hydrogen-bond donors (Lipinski definition) is 1. The van der Waals surface area contributed by atoms with Crippen molar-refractivity contribution in [1.82, 2.24) is 19.6 Å². The van der Waals surface area contributed by atoms with E-state index in [1.165, 1.54) is 0 Å². The number of carbonyl (C=O) groups is 2. The van der Waals surface area contributed by atoms with E-state index in [0.717, 1.165) is 12.8 Å². The molecule has 1 aromatic carbocycles. The molecule has 2 unspecified atom stereocenters. The maximum atomic E-state index is 13.0. The highest BCUT2D eigenvalue weighted by molar-refractivity contribution is 5.96. The van der Waals surface area contributed by atoms with Crippen molar-refractivity contribution in [2.45, 2.75) is 31.8 Å². The number of carbonyl (C=O) groups excluding carboxylic acids is 2. The lowest BCUT2D eigenvalue weighted by Gasteiger charge is -2.41. The van der Waals surface area contributed by atoms with E-state index in [1.807, 2.05) is 4.90 Å². The molecule has 2 bridgehead atoms. The first kappa shape index (κ1) is 18.3. The lowest BCUT2D eigenvalue weighted by atomic mass is 10.0. The Morgan fingerprint density at radius 1 is 1.25 bits per heavy atom. The van der Waals surface area contributed by atoms with Gasteiger partial charge in [-0.1, -0.05) is 6.07 Å². The maximum Gasteiger partial charge on any atom is 0.261 e. The molecule has 0 radical (unpaired) electrons. The molecule has 8 nitrogen and oxygen atoms in total. The molecule has 2 amide bonds. The second-order valence-electron chi connectivity index (χ2n) is 7.48. The number of amides is 2. The van der Waals surface area contributed by atoms with Gasteiger partial charge in [0, 0.05) is 43.3 Å². The third kappa shape index (κ3) is 3.30. The Balaban J connectivity index is 1.42. The lowest BCUT2D eigenvalue weighted by molar-refractivity contribution is -0.138. The highest BCUT2D eigenvalue weighted by atomic mass is 16.5. The first-order valence-electron chi connectivity index (χ1n) is 9.44. The number of hydrogen-bond acceptors (Lipinski definition) is 5. The SMILES string of the molecule is Cc1c(O)cccc1C(=O)N1CC2CCC(C1)N2C(=O)COc1cnn(C)c1. The first-order chi connectivity index (χ1) is 13.4. The third-order valence-corrected chi connectivity index (χ3v) is 5.64. The molecule has 0 aliphatic carbocycles. The minimum Gasteiger partial charge on any atom is -0.508 e. The summed E-state index contributed by atoms with van der Waals surface area (Å²) in [4.78, 5) is 29.4. The van der Waals surface area contributed by atoms with Crippen LogP contribution in [0.25, 0.3) is 0 Å². The zero-order valence-corrected chi connectivity index (χ0v) is 16.0. The fraction of sp³-hybridized carbons (Fsp3) is 0.450. The van der Waals surface area contributed by atoms with Gasteiger partial charge in [0.05, 0.1) is 12.4 Å². The summed E-state index contributed by atoms with van der Waals surface area (Å²) in [5.74, 6) is 0.535. The summed E-state index contributed by atoms with van der Waals surface area (Å²) in [6, 6.07) is 5.00. The van der Waals surface area contributed by atoms with Crippen LogP contribution in [0, 0.1) is 6.92 Å². The van der Waals surface area contributed by atoms with Crippen LogP contribution in [0.2, 0.25) is 0 Å². The monoisotopic (exact) mass is 384 g/mol. The molecular formula is C20H24N4O4. The highest BCUT2D eigenvalue weighted by Crippen LogP contribution is 2.32. The van der Waals surface area contributed by atoms with Crippen LogP contribution < -0.4 is 4.74 Å². The molecule has 28 heavy (non-hydrogen) atoms. The first-order valence-corrected chi connectivity index (χ1v) is 9.44. The van der Waals surface area contributed by atoms with Crippen molar-refractivity contribution in [1.29, 1.82) is 0 Å². The van der Waals surface area contributed by atoms with Gasteiger partial charge in [0.2, 0.25) is 0 Å². The standard InChI is InChI=1S/C20H24N4O4/c1-13-17(4-3-5-18(13)25)20(27)23-9-14-6-7-15(10-23)24(14)19(26)12-28-16-8-21-22(2)11-16/h3-5,8,11,14-15,25H,6-7,9-10,12H2,1-2H3. The topological polar surface area (TPSA) is 87.9 Å². The molecule has 148 valence electrons. The number of likely N-dealkylation sites (tertiary alicyclic amines) is 1. The van der Waals surface area contributed by atoms with Crippen molar-refractivity contribution < 1.29 is 19.4 Å². The summed E-state index contributed by atoms with van der Waals surface area (Å²) >= 11 is 0. The fourth-order valence-electron chi connectivity index (χ4n) is 4.19. The van der Waals surface area contributed by atoms with Crippen LogP contribution >= 0.6 is 0 Å². The van der Waals surface area contributed by atoms with E-state index >= 15 is 0 Å². The number of phenolic OH excluding ortho intramolecular Hbond substituents is 1. The van der Waals surface area contributed by atoms with E-state index in [-0.39, 0.29) is 36.3 Å². The van der Waals surface area contributed by atoms with E-state index in [1.54, 1.807) is 54.1 Å². The molecule has 2 aliphatic heterocycles. The van der Waals surface area contributed by atoms with Gasteiger partial charge in [0.15, 0.2) is 12.4 Å². The summed E-state index contributed by atoms with van der Waals surface area (Å²) in [6.07, 6.45) is 5.06. The van der Waals surface area contributed by atoms with E-state index in [0.29, 0.717) is 30.0 Å². The van der Waals surface area contributed by atoms with Gasteiger partial charge in [-0.05, 0) is 31.9 Å². The smallest absolute Gasteiger partial charge is 0.261 e. The minimum absolute atomic E-state index is 0.00492. The Labute approximate surface area is 163 Å². The molecule has 4 rings (SSSR count). The largest absolute Gasteiger partial charge is 0.508 e. The van der Waals surface area contributed by atoms with Gasteiger partial charge < -0.3 is 19.6 Å². The number of fused-ring (bicyclic) bond motifs is 2. The predicted octanol–water partition coefficient (Wildman–Crippen LogP) is 1.33. The molecule has 1 N–H and O–H groups in total. The van der Waals surface area contributed by atoms with Crippen LogP contribution in [-0.4, -0.2) is 68.3 Å². The van der Waals surface area contributed by atoms with Crippen LogP contribution in [0.4, 0.5) is 0 Å². The zero-order valence-electron chi connectivity index (χ0n) is 16.0. The molecular weight excluding hydrogens is 360 g/mol. The van der Waals surface area contributed by atoms with Crippen molar-refractivity contribution in [3.8, 4) is 11.5 Å². The Bertz CT molecular complexity index is 895. The number of aromatic hydroxyl groups is 1. The van der Waals surface area contributed by atoms with Gasteiger partial charge in [-0.2, -0.15) is 5.10 Å². The fourth-order valence-corrected chi connectivity index (χ4v) is 4.19. The second kappa shape index (κ2) is 7.18. The molecule has 2 aromatic rings. The second-order valence-corrected chi connectivity index (χ2v) is 7.48. The summed E-state index contributed by atoms with van der Waals surface area (Å²) in [6.45, 7) is 2.72. The number of ether oxygens (including phenoxy) is 1. The Kier molecular flexibility index (Phi) is 4.70. The van der Waals surface area contributed by atoms with Crippen molar-refractivity contribution in [2.75, 3.05) is 19.7 Å². The summed E-state index contributed by atoms with van der Waals surface area (Å²) in [7, 11) is 1.79. The van der Waals surface area contributed by atoms with Gasteiger partial charge in [-0.3, -0.25) is 14.3 Å². The predicted molar refractivity (Wildman–Crippen MR) is 101 cm³/mol. The molecule has 1 aromatic heterocycles. The number of rotatable bonds is 4. The van der Waals surface area contributed by atoms with Crippen molar-refractivity contribution in [3.05, 3.63) is 41.7 Å². The van der Waals surface area contributed by atoms with Crippen LogP contribution in [-0.2, 0) is 11.8 Å². The number of nitrogens with zero attached hydrogens (tertiary/aromatic N) is 4. The van der Waals surface area contributed by atoms with E-state index in [4.69, 9.17) is 4.74 Å². The number of phenols is 1. The van der Waals surface area contributed by atoms with Gasteiger partial charge in [0.1, 0.15) is 5.75 Å². The molecule has 2 fully saturated rings. The average molecular weight is 384 g/mol. The highest BCUT2D eigenvalue weighted by Gasteiger charge is 2.44. The summed E-state index contributed by atoms with van der Waals surface area (Å²) < 4.78 is 7.18. The molecule has 3 heterocycles. The van der Waals surface area contributed by atoms with Crippen LogP contribution in [0.3, 0.4) is 0 Å². The molecule has 2 saturated heterocycles. The molecule has 0 spiro atoms. The number of aryl methyl sites for hydroxylation is 1. The normalized spacial score (nSPS) is 21.1. The van der Waals surface area contributed by atoms with E-state index in [2.05, 4.69) is 5.10 Å². The maximum absolute atomic E-state index is 13.0. The van der Waals surface area contributed by atoms with Crippen LogP contribution in [0.1, 0.15) is 28.8 Å². The molecule has 8 heteroatoms. The van der Waals surface area contributed by atoms with Crippen molar-refractivity contribution in [3.63, 3.8) is 0 Å².